The molecule has 23 heavy (non-hydrogen) atoms. The van der Waals surface area contributed by atoms with Crippen molar-refractivity contribution < 1.29 is 19.4 Å². The Morgan fingerprint density at radius 2 is 2.13 bits per heavy atom. The first-order valence-electron chi connectivity index (χ1n) is 7.58. The fraction of sp³-hybridized carbons (Fsp3) is 0.562. The average Bonchev–Trinajstić information content (AvgIpc) is 2.94. The lowest BCUT2D eigenvalue weighted by Gasteiger charge is -2.28. The Bertz CT molecular complexity index is 597. The maximum atomic E-state index is 12.1. The number of rotatable bonds is 3. The lowest BCUT2D eigenvalue weighted by Crippen LogP contribution is -2.39. The van der Waals surface area contributed by atoms with Gasteiger partial charge < -0.3 is 19.6 Å². The summed E-state index contributed by atoms with van der Waals surface area (Å²) in [5.74, 6) is -0.599. The van der Waals surface area contributed by atoms with Crippen LogP contribution in [0.3, 0.4) is 0 Å². The molecule has 2 heterocycles. The smallest absolute Gasteiger partial charge is 0.410 e. The van der Waals surface area contributed by atoms with E-state index in [1.54, 1.807) is 24.2 Å². The van der Waals surface area contributed by atoms with Gasteiger partial charge in [0.25, 0.3) is 0 Å². The SMILES string of the molecule is CN(c1ncccc1C(=O)O)[C@@H]1CCN(C(=O)OC(C)(C)C)C1. The topological polar surface area (TPSA) is 83.0 Å². The molecular formula is C16H23N3O4. The van der Waals surface area contributed by atoms with Crippen molar-refractivity contribution in [3.05, 3.63) is 23.9 Å². The summed E-state index contributed by atoms with van der Waals surface area (Å²) in [6.07, 6.45) is 1.97. The number of pyridine rings is 1. The molecule has 1 N–H and O–H groups in total. The van der Waals surface area contributed by atoms with Crippen LogP contribution in [0, 0.1) is 0 Å². The molecule has 0 aliphatic carbocycles. The third kappa shape index (κ3) is 4.12. The first-order valence-corrected chi connectivity index (χ1v) is 7.58. The van der Waals surface area contributed by atoms with Gasteiger partial charge in [0.15, 0.2) is 0 Å². The maximum Gasteiger partial charge on any atom is 0.410 e. The van der Waals surface area contributed by atoms with Crippen molar-refractivity contribution in [1.29, 1.82) is 0 Å². The van der Waals surface area contributed by atoms with Crippen molar-refractivity contribution in [3.63, 3.8) is 0 Å². The molecule has 0 aromatic carbocycles. The number of aromatic nitrogens is 1. The van der Waals surface area contributed by atoms with E-state index >= 15 is 0 Å². The number of amides is 1. The third-order valence-electron chi connectivity index (χ3n) is 3.71. The lowest BCUT2D eigenvalue weighted by molar-refractivity contribution is 0.0292. The van der Waals surface area contributed by atoms with Crippen LogP contribution in [0.25, 0.3) is 0 Å². The molecule has 0 bridgehead atoms. The lowest BCUT2D eigenvalue weighted by atomic mass is 10.2. The summed E-state index contributed by atoms with van der Waals surface area (Å²) in [6, 6.07) is 3.14. The first-order chi connectivity index (χ1) is 10.7. The molecule has 1 aromatic rings. The Balaban J connectivity index is 2.07. The number of carbonyl (C=O) groups excluding carboxylic acids is 1. The van der Waals surface area contributed by atoms with Gasteiger partial charge in [0.2, 0.25) is 0 Å². The van der Waals surface area contributed by atoms with Crippen molar-refractivity contribution in [1.82, 2.24) is 9.88 Å². The Hall–Kier alpha value is -2.31. The average molecular weight is 321 g/mol. The van der Waals surface area contributed by atoms with Crippen LogP contribution in [0.2, 0.25) is 0 Å². The van der Waals surface area contributed by atoms with Crippen LogP contribution in [0.15, 0.2) is 18.3 Å². The zero-order chi connectivity index (χ0) is 17.2. The molecule has 126 valence electrons. The molecule has 0 spiro atoms. The van der Waals surface area contributed by atoms with E-state index in [-0.39, 0.29) is 17.7 Å². The summed E-state index contributed by atoms with van der Waals surface area (Å²) in [5, 5.41) is 9.27. The molecule has 0 unspecified atom stereocenters. The van der Waals surface area contributed by atoms with E-state index in [1.807, 2.05) is 25.7 Å². The number of hydrogen-bond acceptors (Lipinski definition) is 5. The zero-order valence-corrected chi connectivity index (χ0v) is 13.9. The van der Waals surface area contributed by atoms with E-state index in [1.165, 1.54) is 6.07 Å². The van der Waals surface area contributed by atoms with Gasteiger partial charge in [-0.15, -0.1) is 0 Å². The molecule has 1 aliphatic rings. The van der Waals surface area contributed by atoms with Gasteiger partial charge in [-0.05, 0) is 39.3 Å². The normalized spacial score (nSPS) is 17.9. The molecule has 1 amide bonds. The second-order valence-electron chi connectivity index (χ2n) is 6.66. The molecule has 7 heteroatoms. The minimum absolute atomic E-state index is 0.00974. The molecule has 1 fully saturated rings. The summed E-state index contributed by atoms with van der Waals surface area (Å²) >= 11 is 0. The Morgan fingerprint density at radius 3 is 2.74 bits per heavy atom. The first kappa shape index (κ1) is 17.1. The van der Waals surface area contributed by atoms with E-state index in [0.29, 0.717) is 18.9 Å². The van der Waals surface area contributed by atoms with Crippen molar-refractivity contribution in [2.75, 3.05) is 25.0 Å². The minimum Gasteiger partial charge on any atom is -0.478 e. The predicted octanol–water partition coefficient (Wildman–Crippen LogP) is 2.23. The van der Waals surface area contributed by atoms with Gasteiger partial charge in [0, 0.05) is 32.4 Å². The molecule has 1 aliphatic heterocycles. The molecule has 1 atom stereocenters. The van der Waals surface area contributed by atoms with E-state index in [0.717, 1.165) is 6.42 Å². The zero-order valence-electron chi connectivity index (χ0n) is 13.9. The van der Waals surface area contributed by atoms with Gasteiger partial charge in [-0.25, -0.2) is 14.6 Å². The van der Waals surface area contributed by atoms with Crippen LogP contribution in [0.4, 0.5) is 10.6 Å². The van der Waals surface area contributed by atoms with Crippen LogP contribution in [0.5, 0.6) is 0 Å². The fourth-order valence-electron chi connectivity index (χ4n) is 2.57. The number of likely N-dealkylation sites (N-methyl/N-ethyl adjacent to an activating group) is 1. The number of nitrogens with zero attached hydrogens (tertiary/aromatic N) is 3. The second kappa shape index (κ2) is 6.44. The maximum absolute atomic E-state index is 12.1. The van der Waals surface area contributed by atoms with Gasteiger partial charge in [-0.2, -0.15) is 0 Å². The number of anilines is 1. The van der Waals surface area contributed by atoms with E-state index < -0.39 is 11.6 Å². The second-order valence-corrected chi connectivity index (χ2v) is 6.66. The van der Waals surface area contributed by atoms with Gasteiger partial charge in [-0.1, -0.05) is 0 Å². The number of ether oxygens (including phenoxy) is 1. The molecule has 7 nitrogen and oxygen atoms in total. The standard InChI is InChI=1S/C16H23N3O4/c1-16(2,3)23-15(22)19-9-7-11(10-19)18(4)13-12(14(20)21)6-5-8-17-13/h5-6,8,11H,7,9-10H2,1-4H3,(H,20,21)/t11-/m1/s1. The molecule has 0 radical (unpaired) electrons. The largest absolute Gasteiger partial charge is 0.478 e. The number of likely N-dealkylation sites (tertiary alicyclic amines) is 1. The summed E-state index contributed by atoms with van der Waals surface area (Å²) < 4.78 is 5.38. The highest BCUT2D eigenvalue weighted by molar-refractivity contribution is 5.93. The van der Waals surface area contributed by atoms with Gasteiger partial charge in [-0.3, -0.25) is 0 Å². The summed E-state index contributed by atoms with van der Waals surface area (Å²) in [7, 11) is 1.80. The Kier molecular flexibility index (Phi) is 4.77. The van der Waals surface area contributed by atoms with Gasteiger partial charge in [0.05, 0.1) is 0 Å². The number of carboxylic acids is 1. The summed E-state index contributed by atoms with van der Waals surface area (Å²) in [4.78, 5) is 31.1. The Labute approximate surface area is 135 Å². The van der Waals surface area contributed by atoms with E-state index in [4.69, 9.17) is 4.74 Å². The highest BCUT2D eigenvalue weighted by Gasteiger charge is 2.33. The molecule has 0 saturated carbocycles. The van der Waals surface area contributed by atoms with Crippen molar-refractivity contribution in [2.24, 2.45) is 0 Å². The van der Waals surface area contributed by atoms with E-state index in [2.05, 4.69) is 4.98 Å². The molecule has 1 aromatic heterocycles. The predicted molar refractivity (Wildman–Crippen MR) is 85.8 cm³/mol. The van der Waals surface area contributed by atoms with Crippen LogP contribution >= 0.6 is 0 Å². The van der Waals surface area contributed by atoms with Crippen molar-refractivity contribution in [2.45, 2.75) is 38.8 Å². The molecule has 1 saturated heterocycles. The molecule has 2 rings (SSSR count). The minimum atomic E-state index is -1.01. The van der Waals surface area contributed by atoms with Crippen LogP contribution in [0.1, 0.15) is 37.6 Å². The third-order valence-corrected chi connectivity index (χ3v) is 3.71. The van der Waals surface area contributed by atoms with Crippen molar-refractivity contribution in [3.8, 4) is 0 Å². The van der Waals surface area contributed by atoms with Crippen molar-refractivity contribution >= 4 is 17.9 Å². The van der Waals surface area contributed by atoms with E-state index in [9.17, 15) is 14.7 Å². The van der Waals surface area contributed by atoms with Gasteiger partial charge in [0.1, 0.15) is 17.0 Å². The highest BCUT2D eigenvalue weighted by atomic mass is 16.6. The summed E-state index contributed by atoms with van der Waals surface area (Å²) in [6.45, 7) is 6.56. The quantitative estimate of drug-likeness (QED) is 0.919. The van der Waals surface area contributed by atoms with Gasteiger partial charge >= 0.3 is 12.1 Å². The van der Waals surface area contributed by atoms with Crippen LogP contribution in [-0.4, -0.2) is 58.8 Å². The number of carbonyl (C=O) groups is 2. The molecular weight excluding hydrogens is 298 g/mol. The van der Waals surface area contributed by atoms with Crippen LogP contribution < -0.4 is 4.90 Å². The monoisotopic (exact) mass is 321 g/mol. The Morgan fingerprint density at radius 1 is 1.43 bits per heavy atom. The highest BCUT2D eigenvalue weighted by Crippen LogP contribution is 2.24. The van der Waals surface area contributed by atoms with Crippen LogP contribution in [-0.2, 0) is 4.74 Å². The number of carboxylic acid groups (broad SMARTS) is 1. The fourth-order valence-corrected chi connectivity index (χ4v) is 2.57. The summed E-state index contributed by atoms with van der Waals surface area (Å²) in [5.41, 5.74) is -0.371. The number of hydrogen-bond donors (Lipinski definition) is 1. The number of aromatic carboxylic acids is 1.